The average molecular weight is 803 g/mol. The van der Waals surface area contributed by atoms with Crippen LogP contribution in [0.3, 0.4) is 0 Å². The molecule has 0 aromatic rings. The van der Waals surface area contributed by atoms with Crippen LogP contribution in [0.25, 0.3) is 0 Å². The van der Waals surface area contributed by atoms with Crippen molar-refractivity contribution in [2.45, 2.75) is 218 Å². The molecule has 12 heteroatoms. The lowest BCUT2D eigenvalue weighted by atomic mass is 10.0. The first-order valence-electron chi connectivity index (χ1n) is 22.1. The summed E-state index contributed by atoms with van der Waals surface area (Å²) in [6.45, 7) is 2.12. The molecule has 2 amide bonds. The van der Waals surface area contributed by atoms with Crippen LogP contribution in [0.4, 0.5) is 0 Å². The summed E-state index contributed by atoms with van der Waals surface area (Å²) in [4.78, 5) is 47.9. The van der Waals surface area contributed by atoms with E-state index in [-0.39, 0.29) is 36.2 Å². The van der Waals surface area contributed by atoms with E-state index >= 15 is 0 Å². The van der Waals surface area contributed by atoms with Crippen molar-refractivity contribution in [1.29, 1.82) is 0 Å². The zero-order valence-corrected chi connectivity index (χ0v) is 35.9. The van der Waals surface area contributed by atoms with Crippen molar-refractivity contribution in [1.82, 2.24) is 10.6 Å². The Balaban J connectivity index is 3.85. The van der Waals surface area contributed by atoms with Crippen LogP contribution in [0, 0.1) is 0 Å². The van der Waals surface area contributed by atoms with Gasteiger partial charge in [0.1, 0.15) is 0 Å². The van der Waals surface area contributed by atoms with Gasteiger partial charge in [-0.1, -0.05) is 176 Å². The van der Waals surface area contributed by atoms with Crippen LogP contribution in [0.2, 0.25) is 0 Å². The van der Waals surface area contributed by atoms with E-state index in [9.17, 15) is 29.4 Å². The van der Waals surface area contributed by atoms with Crippen molar-refractivity contribution in [3.63, 3.8) is 0 Å². The molecule has 0 rings (SSSR count). The lowest BCUT2D eigenvalue weighted by Gasteiger charge is -2.21. The average Bonchev–Trinajstić information content (AvgIpc) is 3.14. The zero-order valence-electron chi connectivity index (χ0n) is 34.3. The number of rotatable bonds is 43. The molecule has 10 nitrogen and oxygen atoms in total. The van der Waals surface area contributed by atoms with Crippen LogP contribution in [0.15, 0.2) is 0 Å². The van der Waals surface area contributed by atoms with E-state index in [4.69, 9.17) is 0 Å². The van der Waals surface area contributed by atoms with E-state index in [1.165, 1.54) is 141 Å². The van der Waals surface area contributed by atoms with Gasteiger partial charge in [0.15, 0.2) is 0 Å². The molecule has 0 bridgehead atoms. The normalized spacial score (nSPS) is 12.4. The van der Waals surface area contributed by atoms with Gasteiger partial charge in [0.05, 0.1) is 37.1 Å². The fourth-order valence-electron chi connectivity index (χ4n) is 6.62. The van der Waals surface area contributed by atoms with Gasteiger partial charge in [0, 0.05) is 24.3 Å². The Morgan fingerprint density at radius 3 is 0.778 bits per heavy atom. The van der Waals surface area contributed by atoms with Crippen LogP contribution in [-0.2, 0) is 19.2 Å². The van der Waals surface area contributed by atoms with Crippen LogP contribution in [-0.4, -0.2) is 60.4 Å². The molecule has 0 saturated heterocycles. The molecule has 0 aromatic heterocycles. The Morgan fingerprint density at radius 1 is 0.370 bits per heavy atom. The van der Waals surface area contributed by atoms with Crippen LogP contribution >= 0.6 is 21.6 Å². The second kappa shape index (κ2) is 41.1. The molecule has 0 radical (unpaired) electrons. The molecule has 0 fully saturated rings. The van der Waals surface area contributed by atoms with Gasteiger partial charge in [0.2, 0.25) is 11.8 Å². The maximum absolute atomic E-state index is 12.4. The molecule has 54 heavy (non-hydrogen) atoms. The smallest absolute Gasteiger partial charge is 0.220 e. The first-order valence-corrected chi connectivity index (χ1v) is 24.6. The minimum Gasteiger partial charge on any atom is -0.548 e. The molecular formula is C42H82N4O6S2. The summed E-state index contributed by atoms with van der Waals surface area (Å²) >= 11 is 0. The Hall–Kier alpha value is -1.50. The lowest BCUT2D eigenvalue weighted by Crippen LogP contribution is -2.50. The Labute approximate surface area is 337 Å². The number of hydrogen-bond acceptors (Lipinski definition) is 8. The molecule has 2 unspecified atom stereocenters. The number of aliphatic carboxylic acids is 2. The first-order chi connectivity index (χ1) is 26.3. The summed E-state index contributed by atoms with van der Waals surface area (Å²) in [6.07, 6.45) is 37.2. The molecule has 0 saturated carbocycles. The molecule has 0 aromatic carbocycles. The Bertz CT molecular complexity index is 831. The summed E-state index contributed by atoms with van der Waals surface area (Å²) in [7, 11) is 2.26. The van der Waals surface area contributed by atoms with Gasteiger partial charge in [-0.15, -0.1) is 0 Å². The second-order valence-electron chi connectivity index (χ2n) is 15.3. The number of quaternary nitrogens is 2. The first kappa shape index (κ1) is 52.5. The summed E-state index contributed by atoms with van der Waals surface area (Å²) in [5.74, 6) is -3.32. The highest BCUT2D eigenvalue weighted by atomic mass is 33.1. The van der Waals surface area contributed by atoms with Crippen molar-refractivity contribution < 1.29 is 40.9 Å². The monoisotopic (exact) mass is 803 g/mol. The number of carbonyl (C=O) groups is 4. The van der Waals surface area contributed by atoms with Gasteiger partial charge in [-0.05, 0) is 38.5 Å². The van der Waals surface area contributed by atoms with Crippen molar-refractivity contribution in [3.05, 3.63) is 0 Å². The standard InChI is InChI=1S/C42H82N4O6S2/c43-33-29-25-21-17-13-9-5-1-3-7-11-15-19-23-27-31-39(47)45-37(41(49)50)35-53-54-36-38(42(51)52)46-40(48)32-28-24-20-16-12-8-4-2-6-10-14-18-22-26-30-34-44/h37-38H,1-36,43-44H2,(H,45,47)(H,46,48)(H,49,50)(H,51,52). The second-order valence-corrected chi connectivity index (χ2v) is 17.8. The van der Waals surface area contributed by atoms with Gasteiger partial charge in [-0.3, -0.25) is 9.59 Å². The number of hydrogen-bond donors (Lipinski definition) is 4. The van der Waals surface area contributed by atoms with Crippen molar-refractivity contribution in [3.8, 4) is 0 Å². The summed E-state index contributed by atoms with van der Waals surface area (Å²) in [5.41, 5.74) is 7.79. The highest BCUT2D eigenvalue weighted by molar-refractivity contribution is 8.76. The minimum absolute atomic E-state index is 0.0287. The third-order valence-electron chi connectivity index (χ3n) is 10.1. The highest BCUT2D eigenvalue weighted by Crippen LogP contribution is 2.23. The fraction of sp³-hybridized carbons (Fsp3) is 0.905. The third kappa shape index (κ3) is 37.4. The molecule has 0 aliphatic heterocycles. The third-order valence-corrected chi connectivity index (χ3v) is 12.5. The molecule has 318 valence electrons. The number of nitrogens with one attached hydrogen (secondary N) is 2. The number of unbranched alkanes of at least 4 members (excludes halogenated alkanes) is 28. The lowest BCUT2D eigenvalue weighted by molar-refractivity contribution is -0.368. The fourth-order valence-corrected chi connectivity index (χ4v) is 8.92. The predicted octanol–water partition coefficient (Wildman–Crippen LogP) is 5.80. The topological polar surface area (TPSA) is 194 Å². The zero-order chi connectivity index (χ0) is 39.7. The number of amides is 2. The van der Waals surface area contributed by atoms with E-state index in [1.807, 2.05) is 0 Å². The quantitative estimate of drug-likeness (QED) is 0.0439. The SMILES string of the molecule is [NH3+]CCCCCCCCCCCCCCCCCC(=O)NC(CSSCC(NC(=O)CCCCCCCCCCCCCCCCC[NH3+])C(=O)[O-])C(=O)[O-]. The highest BCUT2D eigenvalue weighted by Gasteiger charge is 2.17. The molecular weight excluding hydrogens is 721 g/mol. The van der Waals surface area contributed by atoms with Crippen molar-refractivity contribution >= 4 is 45.3 Å². The number of carboxylic acid groups (broad SMARTS) is 2. The molecule has 0 heterocycles. The maximum atomic E-state index is 12.4. The maximum Gasteiger partial charge on any atom is 0.220 e. The predicted molar refractivity (Wildman–Crippen MR) is 222 cm³/mol. The number of carboxylic acids is 2. The van der Waals surface area contributed by atoms with Crippen LogP contribution < -0.4 is 32.3 Å². The largest absolute Gasteiger partial charge is 0.548 e. The van der Waals surface area contributed by atoms with Crippen molar-refractivity contribution in [2.75, 3.05) is 24.6 Å². The van der Waals surface area contributed by atoms with Gasteiger partial charge >= 0.3 is 0 Å². The van der Waals surface area contributed by atoms with Crippen LogP contribution in [0.5, 0.6) is 0 Å². The summed E-state index contributed by atoms with van der Waals surface area (Å²) < 4.78 is 0. The molecule has 8 N–H and O–H groups in total. The van der Waals surface area contributed by atoms with Crippen LogP contribution in [0.1, 0.15) is 205 Å². The minimum atomic E-state index is -1.37. The molecule has 0 aliphatic rings. The summed E-state index contributed by atoms with van der Waals surface area (Å²) in [5, 5.41) is 28.3. The van der Waals surface area contributed by atoms with Gasteiger partial charge < -0.3 is 41.9 Å². The van der Waals surface area contributed by atoms with Gasteiger partial charge in [-0.2, -0.15) is 0 Å². The van der Waals surface area contributed by atoms with Gasteiger partial charge in [0.25, 0.3) is 0 Å². The van der Waals surface area contributed by atoms with E-state index in [0.717, 1.165) is 73.2 Å². The van der Waals surface area contributed by atoms with E-state index in [2.05, 4.69) is 22.1 Å². The molecule has 0 aliphatic carbocycles. The van der Waals surface area contributed by atoms with E-state index in [0.29, 0.717) is 12.8 Å². The Kier molecular flexibility index (Phi) is 40.0. The number of carbonyl (C=O) groups excluding carboxylic acids is 4. The molecule has 2 atom stereocenters. The molecule has 0 spiro atoms. The van der Waals surface area contributed by atoms with Gasteiger partial charge in [-0.25, -0.2) is 0 Å². The summed E-state index contributed by atoms with van der Waals surface area (Å²) in [6, 6.07) is -2.34. The van der Waals surface area contributed by atoms with E-state index in [1.54, 1.807) is 0 Å². The van der Waals surface area contributed by atoms with E-state index < -0.39 is 24.0 Å². The Morgan fingerprint density at radius 2 is 0.574 bits per heavy atom. The van der Waals surface area contributed by atoms with Crippen molar-refractivity contribution in [2.24, 2.45) is 0 Å².